The average molecular weight is 548 g/mol. The van der Waals surface area contributed by atoms with Crippen molar-refractivity contribution in [1.82, 2.24) is 19.7 Å². The molecule has 1 amide bonds. The summed E-state index contributed by atoms with van der Waals surface area (Å²) in [5.74, 6) is -1.66. The maximum absolute atomic E-state index is 13.9. The smallest absolute Gasteiger partial charge is 0.387 e. The molecule has 0 saturated carbocycles. The molecule has 1 aliphatic heterocycles. The largest absolute Gasteiger partial charge is 0.477 e. The minimum Gasteiger partial charge on any atom is -0.477 e. The fraction of sp³-hybridized carbons (Fsp3) is 0.385. The Balaban J connectivity index is 1.61. The molecule has 2 N–H and O–H groups in total. The molecule has 0 bridgehead atoms. The van der Waals surface area contributed by atoms with Crippen molar-refractivity contribution in [2.24, 2.45) is 0 Å². The average Bonchev–Trinajstić information content (AvgIpc) is 3.37. The number of halogens is 3. The maximum Gasteiger partial charge on any atom is 0.387 e. The molecule has 12 heteroatoms. The van der Waals surface area contributed by atoms with E-state index in [1.165, 1.54) is 24.3 Å². The van der Waals surface area contributed by atoms with Gasteiger partial charge in [0.1, 0.15) is 11.2 Å². The van der Waals surface area contributed by atoms with E-state index in [0.29, 0.717) is 38.2 Å². The Bertz CT molecular complexity index is 1310. The normalized spacial score (nSPS) is 15.6. The summed E-state index contributed by atoms with van der Waals surface area (Å²) in [5.41, 5.74) is 0.423. The molecule has 1 saturated heterocycles. The van der Waals surface area contributed by atoms with Crippen molar-refractivity contribution in [1.29, 1.82) is 0 Å². The monoisotopic (exact) mass is 547 g/mol. The number of aromatic nitrogens is 3. The summed E-state index contributed by atoms with van der Waals surface area (Å²) in [6, 6.07) is 10.8. The van der Waals surface area contributed by atoms with Gasteiger partial charge in [-0.2, -0.15) is 13.9 Å². The summed E-state index contributed by atoms with van der Waals surface area (Å²) >= 11 is 5.96. The molecule has 3 heterocycles. The molecule has 1 fully saturated rings. The van der Waals surface area contributed by atoms with Crippen molar-refractivity contribution in [2.45, 2.75) is 51.3 Å². The van der Waals surface area contributed by atoms with E-state index in [0.717, 1.165) is 5.69 Å². The molecule has 3 aromatic rings. The van der Waals surface area contributed by atoms with Crippen LogP contribution in [-0.4, -0.2) is 56.3 Å². The minimum absolute atomic E-state index is 0.0314. The van der Waals surface area contributed by atoms with Gasteiger partial charge in [0.15, 0.2) is 5.75 Å². The number of aromatic carboxylic acids is 1. The maximum atomic E-state index is 13.9. The molecule has 1 aliphatic rings. The Morgan fingerprint density at radius 2 is 1.92 bits per heavy atom. The molecule has 9 nitrogen and oxygen atoms in total. The van der Waals surface area contributed by atoms with Gasteiger partial charge in [0, 0.05) is 42.6 Å². The van der Waals surface area contributed by atoms with Crippen molar-refractivity contribution in [3.8, 4) is 5.75 Å². The Morgan fingerprint density at radius 3 is 2.58 bits per heavy atom. The van der Waals surface area contributed by atoms with Crippen LogP contribution < -0.4 is 10.1 Å². The van der Waals surface area contributed by atoms with Gasteiger partial charge in [0.25, 0.3) is 5.91 Å². The summed E-state index contributed by atoms with van der Waals surface area (Å²) in [6.45, 7) is 2.31. The summed E-state index contributed by atoms with van der Waals surface area (Å²) < 4.78 is 32.4. The molecule has 0 radical (unpaired) electrons. The summed E-state index contributed by atoms with van der Waals surface area (Å²) in [7, 11) is 0. The number of carboxylic acids is 1. The van der Waals surface area contributed by atoms with Crippen LogP contribution in [-0.2, 0) is 16.9 Å². The number of carboxylic acid groups (broad SMARTS) is 1. The first-order chi connectivity index (χ1) is 18.1. The van der Waals surface area contributed by atoms with Crippen LogP contribution in [0.1, 0.15) is 54.5 Å². The van der Waals surface area contributed by atoms with Crippen LogP contribution in [0, 0.1) is 0 Å². The number of amides is 1. The Kier molecular flexibility index (Phi) is 8.27. The van der Waals surface area contributed by atoms with Crippen LogP contribution in [0.2, 0.25) is 5.02 Å². The number of piperidine rings is 1. The molecule has 0 unspecified atom stereocenters. The number of anilines is 1. The van der Waals surface area contributed by atoms with E-state index in [1.54, 1.807) is 23.0 Å². The third kappa shape index (κ3) is 5.94. The number of nitrogens with one attached hydrogen (secondary N) is 1. The van der Waals surface area contributed by atoms with Gasteiger partial charge >= 0.3 is 12.6 Å². The fourth-order valence-corrected chi connectivity index (χ4v) is 4.83. The number of carbonyl (C=O) groups is 2. The van der Waals surface area contributed by atoms with E-state index < -0.39 is 24.0 Å². The summed E-state index contributed by atoms with van der Waals surface area (Å²) in [6.07, 6.45) is 2.39. The van der Waals surface area contributed by atoms with Gasteiger partial charge in [0.05, 0.1) is 11.4 Å². The number of benzene rings is 1. The van der Waals surface area contributed by atoms with E-state index in [9.17, 15) is 23.5 Å². The number of alkyl halides is 2. The lowest BCUT2D eigenvalue weighted by atomic mass is 9.85. The number of carbonyl (C=O) groups excluding carboxylic acids is 1. The lowest BCUT2D eigenvalue weighted by Crippen LogP contribution is -2.54. The highest BCUT2D eigenvalue weighted by atomic mass is 35.5. The van der Waals surface area contributed by atoms with Crippen molar-refractivity contribution in [2.75, 3.05) is 18.4 Å². The Hall–Kier alpha value is -3.57. The van der Waals surface area contributed by atoms with Crippen LogP contribution in [0.3, 0.4) is 0 Å². The van der Waals surface area contributed by atoms with Crippen LogP contribution in [0.5, 0.6) is 5.75 Å². The topological polar surface area (TPSA) is 110 Å². The molecule has 38 heavy (non-hydrogen) atoms. The van der Waals surface area contributed by atoms with Crippen LogP contribution in [0.15, 0.2) is 48.7 Å². The molecule has 0 atom stereocenters. The Morgan fingerprint density at radius 1 is 1.18 bits per heavy atom. The molecule has 1 aromatic carbocycles. The van der Waals surface area contributed by atoms with Crippen molar-refractivity contribution >= 4 is 29.2 Å². The zero-order valence-electron chi connectivity index (χ0n) is 20.9. The highest BCUT2D eigenvalue weighted by molar-refractivity contribution is 6.30. The predicted octanol–water partition coefficient (Wildman–Crippen LogP) is 4.98. The van der Waals surface area contributed by atoms with Gasteiger partial charge in [-0.1, -0.05) is 31.5 Å². The minimum atomic E-state index is -3.09. The number of ether oxygens (including phenoxy) is 1. The number of hydrogen-bond acceptors (Lipinski definition) is 6. The molecule has 0 aliphatic carbocycles. The van der Waals surface area contributed by atoms with Gasteiger partial charge in [-0.25, -0.2) is 9.78 Å². The van der Waals surface area contributed by atoms with Gasteiger partial charge in [-0.15, -0.1) is 0 Å². The van der Waals surface area contributed by atoms with Crippen LogP contribution in [0.4, 0.5) is 14.5 Å². The van der Waals surface area contributed by atoms with Crippen molar-refractivity contribution in [3.63, 3.8) is 0 Å². The van der Waals surface area contributed by atoms with E-state index in [-0.39, 0.29) is 28.1 Å². The first-order valence-corrected chi connectivity index (χ1v) is 12.5. The third-order valence-electron chi connectivity index (χ3n) is 6.59. The van der Waals surface area contributed by atoms with Gasteiger partial charge in [0.2, 0.25) is 0 Å². The number of likely N-dealkylation sites (tertiary alicyclic amines) is 1. The van der Waals surface area contributed by atoms with E-state index in [4.69, 9.17) is 11.6 Å². The highest BCUT2D eigenvalue weighted by Gasteiger charge is 2.45. The number of hydrogen-bond donors (Lipinski definition) is 2. The zero-order chi connectivity index (χ0) is 27.4. The second-order valence-corrected chi connectivity index (χ2v) is 9.86. The molecular formula is C26H28ClF2N5O4. The van der Waals surface area contributed by atoms with Crippen molar-refractivity contribution < 1.29 is 28.2 Å². The lowest BCUT2D eigenvalue weighted by Gasteiger charge is -2.41. The molecule has 4 rings (SSSR count). The first kappa shape index (κ1) is 27.5. The standard InChI is InChI=1S/C26H28ClF2N5O4/c1-16(2)21-8-11-30-34(21)26(24(37)32-19-7-6-17(27)14-22(19)38-25(28)29)9-12-33(13-10-26)15-18-4-3-5-20(31-18)23(35)36/h3-8,11,14,16,25H,9-10,12-13,15H2,1-2H3,(H,32,37)(H,35,36). The Labute approximate surface area is 223 Å². The molecule has 2 aromatic heterocycles. The summed E-state index contributed by atoms with van der Waals surface area (Å²) in [4.78, 5) is 31.5. The number of pyridine rings is 1. The second kappa shape index (κ2) is 11.4. The second-order valence-electron chi connectivity index (χ2n) is 9.42. The van der Waals surface area contributed by atoms with Crippen LogP contribution >= 0.6 is 11.6 Å². The fourth-order valence-electron chi connectivity index (χ4n) is 4.67. The predicted molar refractivity (Wildman–Crippen MR) is 137 cm³/mol. The molecule has 202 valence electrons. The van der Waals surface area contributed by atoms with E-state index in [1.807, 2.05) is 19.9 Å². The third-order valence-corrected chi connectivity index (χ3v) is 6.83. The van der Waals surface area contributed by atoms with Gasteiger partial charge < -0.3 is 15.2 Å². The van der Waals surface area contributed by atoms with Gasteiger partial charge in [-0.05, 0) is 49.1 Å². The van der Waals surface area contributed by atoms with Crippen molar-refractivity contribution in [3.05, 3.63) is 70.8 Å². The lowest BCUT2D eigenvalue weighted by molar-refractivity contribution is -0.128. The van der Waals surface area contributed by atoms with E-state index >= 15 is 0 Å². The number of nitrogens with zero attached hydrogens (tertiary/aromatic N) is 4. The quantitative estimate of drug-likeness (QED) is 0.388. The van der Waals surface area contributed by atoms with Crippen LogP contribution in [0.25, 0.3) is 0 Å². The zero-order valence-corrected chi connectivity index (χ0v) is 21.7. The SMILES string of the molecule is CC(C)c1ccnn1C1(C(=O)Nc2ccc(Cl)cc2OC(F)F)CCN(Cc2cccc(C(=O)O)n2)CC1. The van der Waals surface area contributed by atoms with Gasteiger partial charge in [-0.3, -0.25) is 14.4 Å². The van der Waals surface area contributed by atoms with E-state index in [2.05, 4.69) is 25.0 Å². The molecular weight excluding hydrogens is 520 g/mol. The molecule has 0 spiro atoms. The number of rotatable bonds is 9. The highest BCUT2D eigenvalue weighted by Crippen LogP contribution is 2.37. The summed E-state index contributed by atoms with van der Waals surface area (Å²) in [5, 5.41) is 16.7. The first-order valence-electron chi connectivity index (χ1n) is 12.1.